The number of nitrogens with zero attached hydrogens (tertiary/aromatic N) is 3. The van der Waals surface area contributed by atoms with Gasteiger partial charge in [0.25, 0.3) is 0 Å². The van der Waals surface area contributed by atoms with Gasteiger partial charge in [-0.3, -0.25) is 0 Å². The molecule has 5 N–H and O–H groups in total. The van der Waals surface area contributed by atoms with Crippen LogP contribution in [0.1, 0.15) is 37.3 Å². The molecule has 9 nitrogen and oxygen atoms in total. The van der Waals surface area contributed by atoms with E-state index in [2.05, 4.69) is 26.8 Å². The molecule has 3 rings (SSSR count). The summed E-state index contributed by atoms with van der Waals surface area (Å²) < 4.78 is 13.1. The topological polar surface area (TPSA) is 128 Å². The van der Waals surface area contributed by atoms with Gasteiger partial charge in [0, 0.05) is 18.3 Å². The molecule has 1 aromatic carbocycles. The van der Waals surface area contributed by atoms with E-state index in [0.717, 1.165) is 59.5 Å². The first-order valence-electron chi connectivity index (χ1n) is 10.9. The van der Waals surface area contributed by atoms with Crippen molar-refractivity contribution in [3.63, 3.8) is 0 Å². The second-order valence-electron chi connectivity index (χ2n) is 7.74. The predicted molar refractivity (Wildman–Crippen MR) is 125 cm³/mol. The van der Waals surface area contributed by atoms with Crippen molar-refractivity contribution in [2.45, 2.75) is 45.4 Å². The molecule has 3 aromatic rings. The first-order chi connectivity index (χ1) is 15.5. The van der Waals surface area contributed by atoms with Crippen LogP contribution in [0.3, 0.4) is 0 Å². The van der Waals surface area contributed by atoms with Gasteiger partial charge in [0.1, 0.15) is 17.4 Å². The van der Waals surface area contributed by atoms with Crippen LogP contribution in [0.5, 0.6) is 5.75 Å². The number of aromatic nitrogens is 3. The molecule has 0 unspecified atom stereocenters. The maximum absolute atomic E-state index is 9.41. The summed E-state index contributed by atoms with van der Waals surface area (Å²) in [6, 6.07) is 7.82. The molecule has 9 heteroatoms. The van der Waals surface area contributed by atoms with E-state index in [-0.39, 0.29) is 19.2 Å². The zero-order valence-electron chi connectivity index (χ0n) is 18.8. The van der Waals surface area contributed by atoms with Gasteiger partial charge in [0.2, 0.25) is 5.95 Å². The fourth-order valence-electron chi connectivity index (χ4n) is 3.52. The van der Waals surface area contributed by atoms with Gasteiger partial charge in [-0.1, -0.05) is 31.9 Å². The summed E-state index contributed by atoms with van der Waals surface area (Å²) in [5, 5.41) is 21.7. The van der Waals surface area contributed by atoms with E-state index < -0.39 is 6.10 Å². The van der Waals surface area contributed by atoms with E-state index in [4.69, 9.17) is 20.3 Å². The molecule has 0 radical (unpaired) electrons. The zero-order valence-corrected chi connectivity index (χ0v) is 18.8. The highest BCUT2D eigenvalue weighted by atomic mass is 16.5. The Kier molecular flexibility index (Phi) is 8.66. The van der Waals surface area contributed by atoms with Crippen LogP contribution >= 0.6 is 0 Å². The summed E-state index contributed by atoms with van der Waals surface area (Å²) in [5.74, 6) is 1.73. The van der Waals surface area contributed by atoms with E-state index in [9.17, 15) is 5.11 Å². The van der Waals surface area contributed by atoms with Crippen LogP contribution in [-0.4, -0.2) is 57.7 Å². The van der Waals surface area contributed by atoms with E-state index in [0.29, 0.717) is 13.2 Å². The Morgan fingerprint density at radius 1 is 1.22 bits per heavy atom. The van der Waals surface area contributed by atoms with Crippen LogP contribution in [0, 0.1) is 0 Å². The highest BCUT2D eigenvalue weighted by Crippen LogP contribution is 2.27. The van der Waals surface area contributed by atoms with Crippen molar-refractivity contribution in [1.82, 2.24) is 14.5 Å². The van der Waals surface area contributed by atoms with Crippen LogP contribution in [-0.2, 0) is 17.9 Å². The minimum atomic E-state index is -0.876. The van der Waals surface area contributed by atoms with Crippen LogP contribution in [0.25, 0.3) is 11.0 Å². The summed E-state index contributed by atoms with van der Waals surface area (Å²) in [7, 11) is 1.64. The van der Waals surface area contributed by atoms with Gasteiger partial charge in [0.15, 0.2) is 5.82 Å². The molecule has 0 amide bonds. The molecule has 0 bridgehead atoms. The van der Waals surface area contributed by atoms with Gasteiger partial charge >= 0.3 is 0 Å². The van der Waals surface area contributed by atoms with E-state index in [1.807, 2.05) is 30.5 Å². The molecule has 174 valence electrons. The maximum Gasteiger partial charge on any atom is 0.222 e. The van der Waals surface area contributed by atoms with Crippen LogP contribution in [0.4, 0.5) is 11.8 Å². The Morgan fingerprint density at radius 3 is 2.81 bits per heavy atom. The van der Waals surface area contributed by atoms with Crippen molar-refractivity contribution in [2.75, 3.05) is 37.9 Å². The maximum atomic E-state index is 9.41. The van der Waals surface area contributed by atoms with Crippen LogP contribution in [0.15, 0.2) is 30.5 Å². The summed E-state index contributed by atoms with van der Waals surface area (Å²) >= 11 is 0. The summed E-state index contributed by atoms with van der Waals surface area (Å²) in [6.07, 6.45) is 4.48. The zero-order chi connectivity index (χ0) is 22.9. The lowest BCUT2D eigenvalue weighted by atomic mass is 10.1. The molecular formula is C23H33N5O4. The molecule has 0 aliphatic heterocycles. The number of benzene rings is 1. The number of aliphatic hydroxyl groups is 2. The largest absolute Gasteiger partial charge is 0.496 e. The van der Waals surface area contributed by atoms with Crippen molar-refractivity contribution in [3.05, 3.63) is 41.6 Å². The quantitative estimate of drug-likeness (QED) is 0.297. The van der Waals surface area contributed by atoms with Gasteiger partial charge in [-0.05, 0) is 24.1 Å². The molecule has 2 heterocycles. The number of hydrogen-bond donors (Lipinski definition) is 4. The number of methoxy groups -OCH3 is 1. The minimum absolute atomic E-state index is 0.0765. The van der Waals surface area contributed by atoms with Gasteiger partial charge in [-0.2, -0.15) is 4.98 Å². The van der Waals surface area contributed by atoms with Crippen molar-refractivity contribution < 1.29 is 19.7 Å². The Morgan fingerprint density at radius 2 is 2.06 bits per heavy atom. The van der Waals surface area contributed by atoms with Crippen LogP contribution in [0.2, 0.25) is 0 Å². The van der Waals surface area contributed by atoms with Gasteiger partial charge in [-0.15, -0.1) is 0 Å². The molecule has 0 aliphatic rings. The molecule has 0 saturated heterocycles. The molecule has 0 spiro atoms. The number of nitrogen functional groups attached to an aromatic ring is 1. The molecule has 1 atom stereocenters. The van der Waals surface area contributed by atoms with Gasteiger partial charge in [-0.25, -0.2) is 4.98 Å². The third kappa shape index (κ3) is 6.09. The molecular weight excluding hydrogens is 410 g/mol. The predicted octanol–water partition coefficient (Wildman–Crippen LogP) is 2.54. The summed E-state index contributed by atoms with van der Waals surface area (Å²) in [5.41, 5.74) is 9.53. The Labute approximate surface area is 188 Å². The lowest BCUT2D eigenvalue weighted by molar-refractivity contribution is -0.0000112. The monoisotopic (exact) mass is 443 g/mol. The van der Waals surface area contributed by atoms with Gasteiger partial charge < -0.3 is 35.3 Å². The van der Waals surface area contributed by atoms with Crippen LogP contribution < -0.4 is 15.8 Å². The SMILES string of the molecule is CCCCCNc1nc(N)nc2ccn(Cc3ccc(COC[C@H](O)CO)cc3OC)c12. The number of ether oxygens (including phenoxy) is 2. The number of nitrogens with one attached hydrogen (secondary N) is 1. The van der Waals surface area contributed by atoms with Crippen molar-refractivity contribution in [3.8, 4) is 5.75 Å². The second-order valence-corrected chi connectivity index (χ2v) is 7.74. The highest BCUT2D eigenvalue weighted by Gasteiger charge is 2.14. The normalized spacial score (nSPS) is 12.2. The molecule has 2 aromatic heterocycles. The van der Waals surface area contributed by atoms with Crippen molar-refractivity contribution in [2.24, 2.45) is 0 Å². The molecule has 0 aliphatic carbocycles. The first-order valence-corrected chi connectivity index (χ1v) is 10.9. The number of nitrogens with two attached hydrogens (primary N) is 1. The third-order valence-corrected chi connectivity index (χ3v) is 5.18. The number of hydrogen-bond acceptors (Lipinski definition) is 8. The molecule has 0 saturated carbocycles. The number of fused-ring (bicyclic) bond motifs is 1. The highest BCUT2D eigenvalue weighted by molar-refractivity contribution is 5.87. The van der Waals surface area contributed by atoms with E-state index in [1.54, 1.807) is 7.11 Å². The Balaban J connectivity index is 1.79. The average molecular weight is 444 g/mol. The number of aliphatic hydroxyl groups excluding tert-OH is 2. The lowest BCUT2D eigenvalue weighted by Gasteiger charge is -2.15. The van der Waals surface area contributed by atoms with Crippen molar-refractivity contribution >= 4 is 22.8 Å². The van der Waals surface area contributed by atoms with Crippen molar-refractivity contribution in [1.29, 1.82) is 0 Å². The molecule has 32 heavy (non-hydrogen) atoms. The minimum Gasteiger partial charge on any atom is -0.496 e. The fraction of sp³-hybridized carbons (Fsp3) is 0.478. The standard InChI is InChI=1S/C23H33N5O4/c1-3-4-5-9-25-22-21-19(26-23(24)27-22)8-10-28(21)12-17-7-6-16(11-20(17)31-2)14-32-15-18(30)13-29/h6-8,10-11,18,29-30H,3-5,9,12-15H2,1-2H3,(H3,24,25,26,27)/t18-/m1/s1. The number of anilines is 2. The second kappa shape index (κ2) is 11.7. The molecule has 0 fully saturated rings. The lowest BCUT2D eigenvalue weighted by Crippen LogP contribution is -2.19. The smallest absolute Gasteiger partial charge is 0.222 e. The number of unbranched alkanes of at least 4 members (excludes halogenated alkanes) is 2. The number of rotatable bonds is 13. The Hall–Kier alpha value is -2.88. The van der Waals surface area contributed by atoms with E-state index >= 15 is 0 Å². The first kappa shape index (κ1) is 23.8. The Bertz CT molecular complexity index is 1010. The summed E-state index contributed by atoms with van der Waals surface area (Å²) in [6.45, 7) is 3.65. The average Bonchev–Trinajstić information content (AvgIpc) is 3.19. The van der Waals surface area contributed by atoms with E-state index in [1.165, 1.54) is 0 Å². The third-order valence-electron chi connectivity index (χ3n) is 5.18. The summed E-state index contributed by atoms with van der Waals surface area (Å²) in [4.78, 5) is 8.81. The fourth-order valence-corrected chi connectivity index (χ4v) is 3.52. The van der Waals surface area contributed by atoms with Gasteiger partial charge in [0.05, 0.1) is 39.0 Å².